The zero-order chi connectivity index (χ0) is 6.57. The van der Waals surface area contributed by atoms with Crippen LogP contribution in [0.15, 0.2) is 0 Å². The number of hydrogen-bond donors (Lipinski definition) is 0. The maximum atomic E-state index is 10.2. The second kappa shape index (κ2) is 5.69. The molecule has 0 amide bonds. The van der Waals surface area contributed by atoms with Gasteiger partial charge in [-0.05, 0) is 13.8 Å². The number of rotatable bonds is 1. The van der Waals surface area contributed by atoms with Crippen molar-refractivity contribution in [1.82, 2.24) is 0 Å². The molecular weight excluding hydrogens is 144 g/mol. The van der Waals surface area contributed by atoms with Crippen molar-refractivity contribution >= 4 is 18.6 Å². The van der Waals surface area contributed by atoms with Gasteiger partial charge in [-0.2, -0.15) is 0 Å². The van der Waals surface area contributed by atoms with Crippen LogP contribution in [0, 0.1) is 0 Å². The minimum atomic E-state index is -0.625. The van der Waals surface area contributed by atoms with Crippen LogP contribution in [-0.4, -0.2) is 19.4 Å². The van der Waals surface area contributed by atoms with Crippen molar-refractivity contribution < 1.29 is 14.3 Å². The highest BCUT2D eigenvalue weighted by atomic mass is 35.5. The van der Waals surface area contributed by atoms with E-state index in [1.165, 1.54) is 7.11 Å². The highest BCUT2D eigenvalue weighted by Crippen LogP contribution is 1.89. The largest absolute Gasteiger partial charge is 0.508 e. The molecule has 0 aliphatic carbocycles. The zero-order valence-corrected chi connectivity index (χ0v) is 6.53. The highest BCUT2D eigenvalue weighted by Gasteiger charge is 2.01. The van der Waals surface area contributed by atoms with Gasteiger partial charge in [-0.15, -0.1) is 12.4 Å². The summed E-state index contributed by atoms with van der Waals surface area (Å²) in [5.74, 6) is 0. The summed E-state index contributed by atoms with van der Waals surface area (Å²) in [5.41, 5.74) is 0. The Balaban J connectivity index is 0. The second-order valence-electron chi connectivity index (χ2n) is 1.62. The van der Waals surface area contributed by atoms with Crippen LogP contribution in [0.3, 0.4) is 0 Å². The Labute approximate surface area is 60.7 Å². The summed E-state index contributed by atoms with van der Waals surface area (Å²) >= 11 is 0. The predicted octanol–water partition coefficient (Wildman–Crippen LogP) is 1.60. The molecule has 0 rings (SSSR count). The van der Waals surface area contributed by atoms with Crippen LogP contribution in [0.4, 0.5) is 4.79 Å². The van der Waals surface area contributed by atoms with Gasteiger partial charge in [-0.3, -0.25) is 0 Å². The Morgan fingerprint density at radius 2 is 1.89 bits per heavy atom. The molecule has 3 nitrogen and oxygen atoms in total. The molecule has 0 spiro atoms. The fraction of sp³-hybridized carbons (Fsp3) is 0.800. The fourth-order valence-corrected chi connectivity index (χ4v) is 0.241. The normalized spacial score (nSPS) is 8.00. The lowest BCUT2D eigenvalue weighted by Crippen LogP contribution is -2.10. The van der Waals surface area contributed by atoms with E-state index in [0.29, 0.717) is 0 Å². The Bertz CT molecular complexity index is 82.3. The number of ether oxygens (including phenoxy) is 2. The lowest BCUT2D eigenvalue weighted by atomic mass is 10.5. The van der Waals surface area contributed by atoms with E-state index in [1.54, 1.807) is 13.8 Å². The van der Waals surface area contributed by atoms with Crippen molar-refractivity contribution in [3.63, 3.8) is 0 Å². The Morgan fingerprint density at radius 3 is 2.00 bits per heavy atom. The first-order valence-corrected chi connectivity index (χ1v) is 2.41. The average Bonchev–Trinajstić information content (AvgIpc) is 1.65. The molecule has 0 unspecified atom stereocenters. The van der Waals surface area contributed by atoms with Crippen molar-refractivity contribution in [2.75, 3.05) is 7.11 Å². The third-order valence-electron chi connectivity index (χ3n) is 0.499. The first-order valence-electron chi connectivity index (χ1n) is 2.41. The average molecular weight is 155 g/mol. The van der Waals surface area contributed by atoms with Crippen molar-refractivity contribution in [2.45, 2.75) is 20.0 Å². The number of hydrogen-bond acceptors (Lipinski definition) is 3. The Morgan fingerprint density at radius 1 is 1.44 bits per heavy atom. The molecule has 0 aliphatic heterocycles. The SMILES string of the molecule is COC(=O)OC(C)C.Cl. The standard InChI is InChI=1S/C5H10O3.ClH/c1-4(2)8-5(6)7-3;/h4H,1-3H3;1H. The number of carbonyl (C=O) groups excluding carboxylic acids is 1. The van der Waals surface area contributed by atoms with E-state index in [0.717, 1.165) is 0 Å². The molecular formula is C5H11ClO3. The maximum absolute atomic E-state index is 10.2. The zero-order valence-electron chi connectivity index (χ0n) is 5.71. The summed E-state index contributed by atoms with van der Waals surface area (Å²) in [6, 6.07) is 0. The summed E-state index contributed by atoms with van der Waals surface area (Å²) in [5, 5.41) is 0. The first kappa shape index (κ1) is 11.4. The summed E-state index contributed by atoms with van der Waals surface area (Å²) < 4.78 is 8.74. The highest BCUT2D eigenvalue weighted by molar-refractivity contribution is 5.85. The molecule has 9 heavy (non-hydrogen) atoms. The molecule has 0 aromatic rings. The van der Waals surface area contributed by atoms with E-state index in [1.807, 2.05) is 0 Å². The van der Waals surface area contributed by atoms with E-state index in [4.69, 9.17) is 0 Å². The molecule has 56 valence electrons. The number of methoxy groups -OCH3 is 1. The molecule has 0 saturated carbocycles. The molecule has 0 bridgehead atoms. The molecule has 0 aliphatic rings. The Hall–Kier alpha value is -0.440. The molecule has 0 fully saturated rings. The van der Waals surface area contributed by atoms with E-state index < -0.39 is 6.16 Å². The lowest BCUT2D eigenvalue weighted by Gasteiger charge is -2.03. The van der Waals surface area contributed by atoms with Crippen LogP contribution in [-0.2, 0) is 9.47 Å². The molecule has 0 N–H and O–H groups in total. The summed E-state index contributed by atoms with van der Waals surface area (Å²) in [7, 11) is 1.28. The quantitative estimate of drug-likeness (QED) is 0.539. The fourth-order valence-electron chi connectivity index (χ4n) is 0.241. The Kier molecular flexibility index (Phi) is 7.19. The van der Waals surface area contributed by atoms with E-state index in [2.05, 4.69) is 9.47 Å². The molecule has 0 aromatic carbocycles. The van der Waals surface area contributed by atoms with E-state index >= 15 is 0 Å². The second-order valence-corrected chi connectivity index (χ2v) is 1.62. The molecule has 0 radical (unpaired) electrons. The summed E-state index contributed by atoms with van der Waals surface area (Å²) in [6.07, 6.45) is -0.720. The van der Waals surface area contributed by atoms with Crippen LogP contribution in [0.2, 0.25) is 0 Å². The third-order valence-corrected chi connectivity index (χ3v) is 0.499. The smallest absolute Gasteiger partial charge is 0.438 e. The van der Waals surface area contributed by atoms with E-state index in [-0.39, 0.29) is 18.5 Å². The predicted molar refractivity (Wildman–Crippen MR) is 35.9 cm³/mol. The first-order chi connectivity index (χ1) is 3.66. The lowest BCUT2D eigenvalue weighted by molar-refractivity contribution is 0.0496. The van der Waals surface area contributed by atoms with Gasteiger partial charge in [0.15, 0.2) is 0 Å². The molecule has 0 atom stereocenters. The van der Waals surface area contributed by atoms with Gasteiger partial charge < -0.3 is 9.47 Å². The molecule has 0 saturated heterocycles. The van der Waals surface area contributed by atoms with E-state index in [9.17, 15) is 4.79 Å². The van der Waals surface area contributed by atoms with Gasteiger partial charge in [0.25, 0.3) is 0 Å². The van der Waals surface area contributed by atoms with Crippen LogP contribution in [0.5, 0.6) is 0 Å². The molecule has 0 aromatic heterocycles. The van der Waals surface area contributed by atoms with Crippen molar-refractivity contribution in [1.29, 1.82) is 0 Å². The van der Waals surface area contributed by atoms with Crippen molar-refractivity contribution in [2.24, 2.45) is 0 Å². The number of carbonyl (C=O) groups is 1. The monoisotopic (exact) mass is 154 g/mol. The minimum Gasteiger partial charge on any atom is -0.438 e. The van der Waals surface area contributed by atoms with Gasteiger partial charge >= 0.3 is 6.16 Å². The van der Waals surface area contributed by atoms with Gasteiger partial charge in [0.2, 0.25) is 0 Å². The van der Waals surface area contributed by atoms with Crippen LogP contribution in [0.25, 0.3) is 0 Å². The maximum Gasteiger partial charge on any atom is 0.508 e. The van der Waals surface area contributed by atoms with Gasteiger partial charge in [0.05, 0.1) is 13.2 Å². The van der Waals surface area contributed by atoms with Crippen LogP contribution in [0.1, 0.15) is 13.8 Å². The third kappa shape index (κ3) is 7.56. The molecule has 4 heteroatoms. The topological polar surface area (TPSA) is 35.5 Å². The minimum absolute atomic E-state index is 0. The van der Waals surface area contributed by atoms with Crippen molar-refractivity contribution in [3.05, 3.63) is 0 Å². The van der Waals surface area contributed by atoms with Crippen LogP contribution >= 0.6 is 12.4 Å². The van der Waals surface area contributed by atoms with Gasteiger partial charge in [-0.25, -0.2) is 4.79 Å². The summed E-state index contributed by atoms with van der Waals surface area (Å²) in [4.78, 5) is 10.2. The number of halogens is 1. The molecule has 0 heterocycles. The van der Waals surface area contributed by atoms with Gasteiger partial charge in [0.1, 0.15) is 0 Å². The van der Waals surface area contributed by atoms with Crippen molar-refractivity contribution in [3.8, 4) is 0 Å². The van der Waals surface area contributed by atoms with Gasteiger partial charge in [0, 0.05) is 0 Å². The van der Waals surface area contributed by atoms with Crippen LogP contribution < -0.4 is 0 Å². The van der Waals surface area contributed by atoms with Gasteiger partial charge in [-0.1, -0.05) is 0 Å². The summed E-state index contributed by atoms with van der Waals surface area (Å²) in [6.45, 7) is 3.52.